The van der Waals surface area contributed by atoms with Gasteiger partial charge in [0.2, 0.25) is 0 Å². The fraction of sp³-hybridized carbons (Fsp3) is 0.417. The van der Waals surface area contributed by atoms with E-state index in [1.807, 2.05) is 19.1 Å². The molecular weight excluding hydrogens is 469 g/mol. The Bertz CT molecular complexity index is 888. The van der Waals surface area contributed by atoms with Crippen molar-refractivity contribution in [3.63, 3.8) is 0 Å². The molecule has 30 heavy (non-hydrogen) atoms. The predicted molar refractivity (Wildman–Crippen MR) is 124 cm³/mol. The lowest BCUT2D eigenvalue weighted by molar-refractivity contribution is 0.269. The number of allylic oxidation sites excluding steroid dienone is 1. The molecule has 1 aliphatic rings. The Hall–Kier alpha value is -1.56. The van der Waals surface area contributed by atoms with Crippen LogP contribution in [0.15, 0.2) is 46.5 Å². The van der Waals surface area contributed by atoms with Gasteiger partial charge < -0.3 is 14.8 Å². The summed E-state index contributed by atoms with van der Waals surface area (Å²) in [6.07, 6.45) is 8.61. The summed E-state index contributed by atoms with van der Waals surface area (Å²) in [6, 6.07) is 8.22. The summed E-state index contributed by atoms with van der Waals surface area (Å²) < 4.78 is 25.9. The monoisotopic (exact) mass is 495 g/mol. The lowest BCUT2D eigenvalue weighted by Gasteiger charge is -2.16. The Kier molecular flexibility index (Phi) is 9.04. The van der Waals surface area contributed by atoms with Gasteiger partial charge in [-0.25, -0.2) is 4.39 Å². The number of nitrogens with one attached hydrogen (secondary N) is 1. The summed E-state index contributed by atoms with van der Waals surface area (Å²) in [5.74, 6) is 0.948. The van der Waals surface area contributed by atoms with Gasteiger partial charge in [-0.2, -0.15) is 0 Å². The third-order valence-corrected chi connectivity index (χ3v) is 6.22. The zero-order chi connectivity index (χ0) is 21.3. The maximum atomic E-state index is 13.2. The van der Waals surface area contributed by atoms with E-state index in [2.05, 4.69) is 27.3 Å². The van der Waals surface area contributed by atoms with Crippen molar-refractivity contribution in [2.24, 2.45) is 0 Å². The molecule has 0 fully saturated rings. The van der Waals surface area contributed by atoms with E-state index in [0.29, 0.717) is 23.1 Å². The number of hydrogen-bond donors (Lipinski definition) is 1. The summed E-state index contributed by atoms with van der Waals surface area (Å²) >= 11 is 9.76. The first-order valence-electron chi connectivity index (χ1n) is 10.5. The molecule has 3 nitrogen and oxygen atoms in total. The van der Waals surface area contributed by atoms with Gasteiger partial charge in [-0.1, -0.05) is 45.2 Å². The minimum Gasteiger partial charge on any atom is -0.490 e. The van der Waals surface area contributed by atoms with Gasteiger partial charge in [0.05, 0.1) is 11.6 Å². The highest BCUT2D eigenvalue weighted by Crippen LogP contribution is 2.35. The lowest BCUT2D eigenvalue weighted by Crippen LogP contribution is -2.16. The lowest BCUT2D eigenvalue weighted by atomic mass is 9.97. The molecule has 3 rings (SSSR count). The highest BCUT2D eigenvalue weighted by Gasteiger charge is 2.12. The predicted octanol–water partition coefficient (Wildman–Crippen LogP) is 7.20. The van der Waals surface area contributed by atoms with Crippen LogP contribution >= 0.6 is 27.5 Å². The molecule has 0 bridgehead atoms. The second-order valence-corrected chi connectivity index (χ2v) is 8.64. The summed E-state index contributed by atoms with van der Waals surface area (Å²) in [5, 5.41) is 3.88. The van der Waals surface area contributed by atoms with E-state index in [1.165, 1.54) is 37.8 Å². The third kappa shape index (κ3) is 6.73. The van der Waals surface area contributed by atoms with Crippen LogP contribution in [-0.4, -0.2) is 13.2 Å². The number of ether oxygens (including phenoxy) is 2. The van der Waals surface area contributed by atoms with Gasteiger partial charge in [-0.3, -0.25) is 0 Å². The second kappa shape index (κ2) is 11.7. The number of halogens is 3. The molecule has 2 aromatic carbocycles. The second-order valence-electron chi connectivity index (χ2n) is 7.38. The zero-order valence-corrected chi connectivity index (χ0v) is 19.6. The van der Waals surface area contributed by atoms with E-state index >= 15 is 0 Å². The largest absolute Gasteiger partial charge is 0.490 e. The van der Waals surface area contributed by atoms with Crippen molar-refractivity contribution in [2.75, 3.05) is 13.2 Å². The molecule has 6 heteroatoms. The van der Waals surface area contributed by atoms with Crippen molar-refractivity contribution in [3.05, 3.63) is 68.4 Å². The highest BCUT2D eigenvalue weighted by molar-refractivity contribution is 9.10. The summed E-state index contributed by atoms with van der Waals surface area (Å²) in [6.45, 7) is 4.43. The van der Waals surface area contributed by atoms with Crippen LogP contribution in [-0.2, 0) is 13.2 Å². The smallest absolute Gasteiger partial charge is 0.162 e. The average Bonchev–Trinajstić information content (AvgIpc) is 2.74. The molecular formula is C24H28BrClFNO2. The number of hydrogen-bond acceptors (Lipinski definition) is 3. The van der Waals surface area contributed by atoms with Gasteiger partial charge >= 0.3 is 0 Å². The van der Waals surface area contributed by atoms with Crippen LogP contribution in [0.1, 0.15) is 50.2 Å². The molecule has 1 aliphatic carbocycles. The molecule has 0 amide bonds. The maximum Gasteiger partial charge on any atom is 0.162 e. The van der Waals surface area contributed by atoms with Crippen LogP contribution in [0, 0.1) is 5.82 Å². The van der Waals surface area contributed by atoms with Crippen molar-refractivity contribution >= 4 is 27.5 Å². The topological polar surface area (TPSA) is 30.5 Å². The van der Waals surface area contributed by atoms with Crippen molar-refractivity contribution in [3.8, 4) is 11.5 Å². The third-order valence-electron chi connectivity index (χ3n) is 5.13. The fourth-order valence-electron chi connectivity index (χ4n) is 3.49. The first-order chi connectivity index (χ1) is 14.6. The van der Waals surface area contributed by atoms with E-state index in [9.17, 15) is 4.39 Å². The number of benzene rings is 2. The summed E-state index contributed by atoms with van der Waals surface area (Å²) in [7, 11) is 0. The molecule has 0 radical (unpaired) electrons. The van der Waals surface area contributed by atoms with Gasteiger partial charge in [0.15, 0.2) is 11.5 Å². The molecule has 162 valence electrons. The van der Waals surface area contributed by atoms with E-state index in [-0.39, 0.29) is 12.4 Å². The molecule has 0 heterocycles. The van der Waals surface area contributed by atoms with Crippen LogP contribution in [0.2, 0.25) is 5.02 Å². The SMILES string of the molecule is CCOc1cc(CNCCC2=CCCCC2)c(Br)cc1OCc1ccc(F)cc1Cl. The Morgan fingerprint density at radius 2 is 1.93 bits per heavy atom. The minimum absolute atomic E-state index is 0.234. The van der Waals surface area contributed by atoms with Crippen LogP contribution in [0.5, 0.6) is 11.5 Å². The molecule has 2 aromatic rings. The Balaban J connectivity index is 1.61. The average molecular weight is 497 g/mol. The zero-order valence-electron chi connectivity index (χ0n) is 17.3. The molecule has 0 unspecified atom stereocenters. The normalized spacial score (nSPS) is 13.8. The number of rotatable bonds is 10. The standard InChI is InChI=1S/C24H28BrClFNO2/c1-2-29-23-12-19(15-28-11-10-17-6-4-3-5-7-17)21(25)14-24(23)30-16-18-8-9-20(27)13-22(18)26/h6,8-9,12-14,28H,2-5,7,10-11,15-16H2,1H3. The Labute approximate surface area is 191 Å². The Morgan fingerprint density at radius 3 is 2.67 bits per heavy atom. The molecule has 0 saturated carbocycles. The summed E-state index contributed by atoms with van der Waals surface area (Å²) in [4.78, 5) is 0. The van der Waals surface area contributed by atoms with Crippen molar-refractivity contribution < 1.29 is 13.9 Å². The van der Waals surface area contributed by atoms with Crippen molar-refractivity contribution in [1.29, 1.82) is 0 Å². The van der Waals surface area contributed by atoms with Crippen LogP contribution in [0.3, 0.4) is 0 Å². The molecule has 0 atom stereocenters. The molecule has 0 aromatic heterocycles. The summed E-state index contributed by atoms with van der Waals surface area (Å²) in [5.41, 5.74) is 3.41. The van der Waals surface area contributed by atoms with Gasteiger partial charge in [0.1, 0.15) is 12.4 Å². The molecule has 0 saturated heterocycles. The van der Waals surface area contributed by atoms with Gasteiger partial charge in [-0.15, -0.1) is 0 Å². The van der Waals surface area contributed by atoms with Crippen LogP contribution < -0.4 is 14.8 Å². The molecule has 0 aliphatic heterocycles. The highest BCUT2D eigenvalue weighted by atomic mass is 79.9. The van der Waals surface area contributed by atoms with Crippen LogP contribution in [0.4, 0.5) is 4.39 Å². The van der Waals surface area contributed by atoms with Gasteiger partial charge in [0, 0.05) is 16.6 Å². The fourth-order valence-corrected chi connectivity index (χ4v) is 4.18. The maximum absolute atomic E-state index is 13.2. The van der Waals surface area contributed by atoms with Crippen molar-refractivity contribution in [1.82, 2.24) is 5.32 Å². The van der Waals surface area contributed by atoms with Gasteiger partial charge in [0.25, 0.3) is 0 Å². The Morgan fingerprint density at radius 1 is 1.10 bits per heavy atom. The van der Waals surface area contributed by atoms with Crippen molar-refractivity contribution in [2.45, 2.75) is 52.2 Å². The molecule has 0 spiro atoms. The van der Waals surface area contributed by atoms with Crippen LogP contribution in [0.25, 0.3) is 0 Å². The van der Waals surface area contributed by atoms with E-state index in [4.69, 9.17) is 21.1 Å². The van der Waals surface area contributed by atoms with E-state index in [1.54, 1.807) is 11.6 Å². The van der Waals surface area contributed by atoms with E-state index < -0.39 is 0 Å². The first kappa shape index (κ1) is 23.1. The van der Waals surface area contributed by atoms with Gasteiger partial charge in [-0.05, 0) is 75.4 Å². The molecule has 1 N–H and O–H groups in total. The minimum atomic E-state index is -0.363. The quantitative estimate of drug-likeness (QED) is 0.279. The first-order valence-corrected chi connectivity index (χ1v) is 11.6. The van der Waals surface area contributed by atoms with E-state index in [0.717, 1.165) is 35.1 Å².